The number of ether oxygens (including phenoxy) is 4. The molecule has 13 rings (SSSR count). The van der Waals surface area contributed by atoms with Gasteiger partial charge in [0.15, 0.2) is 11.5 Å². The molecule has 0 radical (unpaired) electrons. The van der Waals surface area contributed by atoms with E-state index in [-0.39, 0.29) is 73.8 Å². The first-order valence-corrected chi connectivity index (χ1v) is 32.4. The molecule has 528 valence electrons. The van der Waals surface area contributed by atoms with E-state index in [0.717, 1.165) is 92.4 Å². The number of nitrogens with one attached hydrogen (secondary N) is 2. The van der Waals surface area contributed by atoms with Crippen molar-refractivity contribution in [2.75, 3.05) is 0 Å². The molecule has 0 aliphatic carbocycles. The summed E-state index contributed by atoms with van der Waals surface area (Å²) in [4.78, 5) is 123. The van der Waals surface area contributed by atoms with Crippen molar-refractivity contribution in [2.45, 2.75) is 52.4 Å². The second-order valence-corrected chi connectivity index (χ2v) is 22.7. The predicted molar refractivity (Wildman–Crippen MR) is 383 cm³/mol. The van der Waals surface area contributed by atoms with Gasteiger partial charge < -0.3 is 57.2 Å². The lowest BCUT2D eigenvalue weighted by Gasteiger charge is -2.11. The molecule has 8 aromatic carbocycles. The molecule has 1 saturated heterocycles. The molecule has 5 heterocycles. The first-order chi connectivity index (χ1) is 51.1. The van der Waals surface area contributed by atoms with Gasteiger partial charge >= 0.3 is 11.9 Å². The molecule has 12 aromatic rings. The second-order valence-electron chi connectivity index (χ2n) is 22.7. The number of aromatic carboxylic acids is 1. The minimum atomic E-state index is -1.29. The highest BCUT2D eigenvalue weighted by Crippen LogP contribution is 2.22. The molecule has 23 heteroatoms. The molecular weight excluding hydrogens is 1350 g/mol. The molecule has 4 aromatic heterocycles. The topological polar surface area (TPSA) is 317 Å². The smallest absolute Gasteiger partial charge is 0.399 e. The van der Waals surface area contributed by atoms with Gasteiger partial charge in [0.25, 0.3) is 23.6 Å². The standard InChI is InChI=1S/2C26H21NO4.C17H13NO7.C13H10O5/c2*28-23-15-24(31-18-25(23)30-17-20-7-3-1-4-8-20)26(29)27-16-19-11-13-22(14-12-19)21-9-5-2-6-10-21;19-12-8-13(17(22)25-18-15(20)6-7-16(18)21)24-10-14(12)23-9-11-4-2-1-3-5-11;14-10-6-11(13(15)16)18-8-12(10)17-7-9-4-2-1-3-5-9/h2*1-15,18H,16-17H2,(H,27,29);1-5,8,10H,6-7,9H2;1-6,8H,7H2,(H,15,16). The fourth-order valence-electron chi connectivity index (χ4n) is 9.63. The van der Waals surface area contributed by atoms with Gasteiger partial charge in [-0.1, -0.05) is 231 Å². The van der Waals surface area contributed by atoms with Crippen molar-refractivity contribution in [3.8, 4) is 45.3 Å². The number of rotatable bonds is 23. The molecule has 0 atom stereocenters. The number of amides is 4. The monoisotopic (exact) mass is 1410 g/mol. The van der Waals surface area contributed by atoms with E-state index in [4.69, 9.17) is 41.7 Å². The summed E-state index contributed by atoms with van der Waals surface area (Å²) >= 11 is 0. The highest BCUT2D eigenvalue weighted by molar-refractivity contribution is 6.02. The van der Waals surface area contributed by atoms with Gasteiger partial charge in [0, 0.05) is 50.2 Å². The quantitative estimate of drug-likeness (QED) is 0.0501. The molecule has 1 aliphatic heterocycles. The van der Waals surface area contributed by atoms with Crippen LogP contribution in [-0.4, -0.2) is 45.7 Å². The summed E-state index contributed by atoms with van der Waals surface area (Å²) < 4.78 is 42.0. The second kappa shape index (κ2) is 37.3. The Kier molecular flexibility index (Phi) is 26.1. The van der Waals surface area contributed by atoms with E-state index >= 15 is 0 Å². The normalized spacial score (nSPS) is 11.2. The number of nitrogens with zero attached hydrogens (tertiary/aromatic N) is 1. The SMILES string of the molecule is O=C(NCc1ccc(-c2ccccc2)cc1)c1cc(=O)c(OCc2ccccc2)co1.O=C(NCc1ccc(-c2ccccc2)cc1)c1cc(=O)c(OCc2ccccc2)co1.O=C(O)c1cc(=O)c(OCc2ccccc2)co1.O=C(ON1C(=O)CCC1=O)c1cc(=O)c(OCc2ccccc2)co1. The van der Waals surface area contributed by atoms with Gasteiger partial charge in [-0.25, -0.2) is 9.59 Å². The average molecular weight is 1410 g/mol. The van der Waals surface area contributed by atoms with E-state index < -0.39 is 68.8 Å². The van der Waals surface area contributed by atoms with Gasteiger partial charge in [-0.15, -0.1) is 5.06 Å². The predicted octanol–water partition coefficient (Wildman–Crippen LogP) is 13.0. The number of carbonyl (C=O) groups excluding carboxylic acids is 5. The minimum absolute atomic E-state index is 0.0103. The molecule has 23 nitrogen and oxygen atoms in total. The Balaban J connectivity index is 0.000000153. The van der Waals surface area contributed by atoms with Gasteiger partial charge in [0.05, 0.1) is 0 Å². The molecule has 4 amide bonds. The van der Waals surface area contributed by atoms with Crippen molar-refractivity contribution >= 4 is 35.6 Å². The summed E-state index contributed by atoms with van der Waals surface area (Å²) in [5, 5.41) is 14.5. The molecular formula is C82H65N3O20. The van der Waals surface area contributed by atoms with Crippen molar-refractivity contribution in [3.63, 3.8) is 0 Å². The Morgan fingerprint density at radius 1 is 0.333 bits per heavy atom. The van der Waals surface area contributed by atoms with E-state index in [0.29, 0.717) is 18.2 Å². The van der Waals surface area contributed by atoms with Crippen molar-refractivity contribution in [3.05, 3.63) is 377 Å². The Morgan fingerprint density at radius 3 is 0.905 bits per heavy atom. The zero-order valence-corrected chi connectivity index (χ0v) is 55.9. The Labute approximate surface area is 598 Å². The van der Waals surface area contributed by atoms with E-state index in [1.54, 1.807) is 0 Å². The first kappa shape index (κ1) is 73.5. The summed E-state index contributed by atoms with van der Waals surface area (Å²) in [6.45, 7) is 1.52. The van der Waals surface area contributed by atoms with Gasteiger partial charge in [0.1, 0.15) is 51.5 Å². The maximum absolute atomic E-state index is 12.4. The average Bonchev–Trinajstić information content (AvgIpc) is 1.83. The van der Waals surface area contributed by atoms with Crippen LogP contribution >= 0.6 is 0 Å². The molecule has 1 fully saturated rings. The molecule has 1 aliphatic rings. The van der Waals surface area contributed by atoms with Crippen molar-refractivity contribution in [1.82, 2.24) is 15.7 Å². The largest absolute Gasteiger partial charge is 0.482 e. The zero-order chi connectivity index (χ0) is 73.7. The molecule has 105 heavy (non-hydrogen) atoms. The first-order valence-electron chi connectivity index (χ1n) is 32.4. The Hall–Kier alpha value is -14.2. The van der Waals surface area contributed by atoms with Crippen LogP contribution in [0.1, 0.15) is 88.4 Å². The summed E-state index contributed by atoms with van der Waals surface area (Å²) in [6, 6.07) is 77.5. The number of carboxylic acids is 1. The number of hydrogen-bond acceptors (Lipinski definition) is 19. The number of imide groups is 1. The Bertz CT molecular complexity index is 4940. The van der Waals surface area contributed by atoms with Gasteiger partial charge in [-0.05, 0) is 55.6 Å². The van der Waals surface area contributed by atoms with E-state index in [1.807, 2.05) is 231 Å². The van der Waals surface area contributed by atoms with E-state index in [1.165, 1.54) is 12.5 Å². The number of benzene rings is 8. The maximum atomic E-state index is 12.4. The van der Waals surface area contributed by atoms with Crippen LogP contribution in [0.25, 0.3) is 22.3 Å². The number of hydroxylamine groups is 2. The van der Waals surface area contributed by atoms with Crippen LogP contribution in [0.15, 0.2) is 317 Å². The highest BCUT2D eigenvalue weighted by Gasteiger charge is 2.34. The molecule has 0 spiro atoms. The van der Waals surface area contributed by atoms with Crippen molar-refractivity contribution in [1.29, 1.82) is 0 Å². The number of carbonyl (C=O) groups is 6. The van der Waals surface area contributed by atoms with Gasteiger partial charge in [-0.2, -0.15) is 0 Å². The van der Waals surface area contributed by atoms with E-state index in [9.17, 15) is 47.9 Å². The number of hydrogen-bond donors (Lipinski definition) is 3. The summed E-state index contributed by atoms with van der Waals surface area (Å²) in [7, 11) is 0. The summed E-state index contributed by atoms with van der Waals surface area (Å²) in [5.74, 6) is -5.49. The third-order valence-corrected chi connectivity index (χ3v) is 15.2. The lowest BCUT2D eigenvalue weighted by Crippen LogP contribution is -2.32. The maximum Gasteiger partial charge on any atom is 0.399 e. The third-order valence-electron chi connectivity index (χ3n) is 15.2. The van der Waals surface area contributed by atoms with Crippen LogP contribution in [0.4, 0.5) is 0 Å². The molecule has 3 N–H and O–H groups in total. The van der Waals surface area contributed by atoms with E-state index in [2.05, 4.69) is 15.5 Å². The zero-order valence-electron chi connectivity index (χ0n) is 55.9. The van der Waals surface area contributed by atoms with Crippen LogP contribution in [0.5, 0.6) is 23.0 Å². The van der Waals surface area contributed by atoms with Gasteiger partial charge in [-0.3, -0.25) is 38.4 Å². The highest BCUT2D eigenvalue weighted by atomic mass is 16.7. The van der Waals surface area contributed by atoms with Crippen LogP contribution in [-0.2, 0) is 53.9 Å². The Morgan fingerprint density at radius 2 is 0.600 bits per heavy atom. The lowest BCUT2D eigenvalue weighted by molar-refractivity contribution is -0.173. The number of carboxylic acid groups (broad SMARTS) is 1. The van der Waals surface area contributed by atoms with Crippen LogP contribution < -0.4 is 51.3 Å². The minimum Gasteiger partial charge on any atom is -0.482 e. The molecule has 0 saturated carbocycles. The third kappa shape index (κ3) is 22.1. The summed E-state index contributed by atoms with van der Waals surface area (Å²) in [5.41, 5.74) is 8.07. The fourth-order valence-corrected chi connectivity index (χ4v) is 9.63. The van der Waals surface area contributed by atoms with Gasteiger partial charge in [0.2, 0.25) is 56.2 Å². The van der Waals surface area contributed by atoms with Crippen LogP contribution in [0, 0.1) is 0 Å². The van der Waals surface area contributed by atoms with Crippen molar-refractivity contribution < 1.29 is 75.3 Å². The molecule has 0 unspecified atom stereocenters. The van der Waals surface area contributed by atoms with Crippen LogP contribution in [0.2, 0.25) is 0 Å². The summed E-state index contributed by atoms with van der Waals surface area (Å²) in [6.07, 6.45) is 4.29. The fraction of sp³-hybridized carbons (Fsp3) is 0.0976. The van der Waals surface area contributed by atoms with Crippen molar-refractivity contribution in [2.24, 2.45) is 0 Å². The molecule has 0 bridgehead atoms. The van der Waals surface area contributed by atoms with Crippen LogP contribution in [0.3, 0.4) is 0 Å². The lowest BCUT2D eigenvalue weighted by atomic mass is 10.0.